The van der Waals surface area contributed by atoms with E-state index in [9.17, 15) is 4.39 Å². The van der Waals surface area contributed by atoms with Gasteiger partial charge in [0, 0.05) is 30.9 Å². The largest absolute Gasteiger partial charge is 0.383 e. The molecule has 1 heterocycles. The summed E-state index contributed by atoms with van der Waals surface area (Å²) in [5.74, 6) is 0.473. The summed E-state index contributed by atoms with van der Waals surface area (Å²) >= 11 is 0. The van der Waals surface area contributed by atoms with Gasteiger partial charge in [0.25, 0.3) is 0 Å². The van der Waals surface area contributed by atoms with Gasteiger partial charge in [0.1, 0.15) is 5.82 Å². The third kappa shape index (κ3) is 7.29. The number of halogens is 1. The average Bonchev–Trinajstić information content (AvgIpc) is 3.61. The van der Waals surface area contributed by atoms with Crippen LogP contribution in [0.3, 0.4) is 0 Å². The van der Waals surface area contributed by atoms with Crippen LogP contribution in [0.4, 0.5) is 4.39 Å². The van der Waals surface area contributed by atoms with Gasteiger partial charge in [-0.15, -0.1) is 0 Å². The van der Waals surface area contributed by atoms with Crippen LogP contribution in [0.15, 0.2) is 54.3 Å². The number of piperidine rings is 1. The minimum Gasteiger partial charge on any atom is -0.383 e. The summed E-state index contributed by atoms with van der Waals surface area (Å²) in [7, 11) is 1.97. The van der Waals surface area contributed by atoms with E-state index in [1.807, 2.05) is 18.1 Å². The van der Waals surface area contributed by atoms with E-state index in [1.54, 1.807) is 18.2 Å². The molecule has 0 radical (unpaired) electrons. The number of hydrazone groups is 1. The zero-order valence-corrected chi connectivity index (χ0v) is 20.9. The molecule has 1 aromatic rings. The molecule has 1 saturated heterocycles. The second-order valence-corrected chi connectivity index (χ2v) is 9.80. The van der Waals surface area contributed by atoms with Crippen LogP contribution in [0.2, 0.25) is 0 Å². The van der Waals surface area contributed by atoms with E-state index >= 15 is 0 Å². The summed E-state index contributed by atoms with van der Waals surface area (Å²) in [6, 6.07) is 5.85. The Labute approximate surface area is 199 Å². The van der Waals surface area contributed by atoms with E-state index in [4.69, 9.17) is 5.10 Å². The molecule has 2 aliphatic rings. The van der Waals surface area contributed by atoms with Crippen LogP contribution in [0.25, 0.3) is 5.57 Å². The number of nitrogens with one attached hydrogen (secondary N) is 1. The van der Waals surface area contributed by atoms with Gasteiger partial charge in [0.2, 0.25) is 0 Å². The van der Waals surface area contributed by atoms with Crippen molar-refractivity contribution in [3.05, 3.63) is 66.2 Å². The number of rotatable bonds is 11. The van der Waals surface area contributed by atoms with Crippen molar-refractivity contribution >= 4 is 11.3 Å². The predicted octanol–water partition coefficient (Wildman–Crippen LogP) is 5.80. The quantitative estimate of drug-likeness (QED) is 0.261. The summed E-state index contributed by atoms with van der Waals surface area (Å²) in [6.45, 7) is 18.6. The minimum absolute atomic E-state index is 0.170. The minimum atomic E-state index is -0.188. The highest BCUT2D eigenvalue weighted by Gasteiger charge is 2.25. The lowest BCUT2D eigenvalue weighted by Gasteiger charge is -2.33. The second kappa shape index (κ2) is 11.6. The Morgan fingerprint density at radius 2 is 2.06 bits per heavy atom. The molecule has 0 spiro atoms. The first-order chi connectivity index (χ1) is 15.8. The molecule has 1 N–H and O–H groups in total. The molecule has 1 aliphatic heterocycles. The number of likely N-dealkylation sites (N-methyl/N-ethyl adjacent to an activating group) is 2. The maximum absolute atomic E-state index is 14.5. The van der Waals surface area contributed by atoms with Crippen molar-refractivity contribution in [3.8, 4) is 0 Å². The molecule has 1 atom stereocenters. The van der Waals surface area contributed by atoms with Crippen LogP contribution in [0.5, 0.6) is 0 Å². The van der Waals surface area contributed by atoms with E-state index in [1.165, 1.54) is 19.4 Å². The van der Waals surface area contributed by atoms with Gasteiger partial charge in [-0.05, 0) is 73.9 Å². The Morgan fingerprint density at radius 1 is 1.30 bits per heavy atom. The molecule has 1 aliphatic carbocycles. The van der Waals surface area contributed by atoms with Gasteiger partial charge in [-0.1, -0.05) is 52.1 Å². The summed E-state index contributed by atoms with van der Waals surface area (Å²) in [4.78, 5) is 2.48. The van der Waals surface area contributed by atoms with Gasteiger partial charge in [-0.2, -0.15) is 5.10 Å². The van der Waals surface area contributed by atoms with E-state index in [0.717, 1.165) is 54.0 Å². The Morgan fingerprint density at radius 3 is 2.70 bits per heavy atom. The maximum Gasteiger partial charge on any atom is 0.124 e. The number of hydrogen-bond donors (Lipinski definition) is 1. The first kappa shape index (κ1) is 25.2. The van der Waals surface area contributed by atoms with Gasteiger partial charge >= 0.3 is 0 Å². The number of nitrogens with zero attached hydrogens (tertiary/aromatic N) is 3. The number of allylic oxidation sites excluding steroid dienone is 3. The molecule has 3 rings (SSSR count). The molecule has 1 unspecified atom stereocenters. The van der Waals surface area contributed by atoms with Crippen molar-refractivity contribution in [2.24, 2.45) is 11.0 Å². The van der Waals surface area contributed by atoms with E-state index in [2.05, 4.69) is 50.2 Å². The van der Waals surface area contributed by atoms with Crippen LogP contribution in [-0.2, 0) is 0 Å². The molecule has 0 aromatic heterocycles. The maximum atomic E-state index is 14.5. The SMILES string of the molecule is C=C/C=C(\C(=N/N(C)CC(=C)NC1CCCN(CC)C1)C(C)C)c1cc(F)cc(C2CC2)c1. The van der Waals surface area contributed by atoms with Gasteiger partial charge in [-0.25, -0.2) is 4.39 Å². The monoisotopic (exact) mass is 452 g/mol. The first-order valence-corrected chi connectivity index (χ1v) is 12.4. The highest BCUT2D eigenvalue weighted by molar-refractivity contribution is 6.24. The number of benzene rings is 1. The molecule has 33 heavy (non-hydrogen) atoms. The molecule has 1 aromatic carbocycles. The molecular weight excluding hydrogens is 411 g/mol. The Bertz CT molecular complexity index is 897. The van der Waals surface area contributed by atoms with Crippen molar-refractivity contribution in [2.75, 3.05) is 33.2 Å². The zero-order chi connectivity index (χ0) is 24.0. The smallest absolute Gasteiger partial charge is 0.124 e. The Kier molecular flexibility index (Phi) is 8.90. The van der Waals surface area contributed by atoms with Crippen LogP contribution >= 0.6 is 0 Å². The molecule has 180 valence electrons. The third-order valence-corrected chi connectivity index (χ3v) is 6.45. The van der Waals surface area contributed by atoms with Crippen molar-refractivity contribution in [1.29, 1.82) is 0 Å². The Balaban J connectivity index is 1.75. The summed E-state index contributed by atoms with van der Waals surface area (Å²) in [5, 5.41) is 10.5. The van der Waals surface area contributed by atoms with Crippen molar-refractivity contribution in [3.63, 3.8) is 0 Å². The van der Waals surface area contributed by atoms with Crippen molar-refractivity contribution in [2.45, 2.75) is 58.4 Å². The van der Waals surface area contributed by atoms with Gasteiger partial charge in [0.05, 0.1) is 12.3 Å². The lowest BCUT2D eigenvalue weighted by Crippen LogP contribution is -2.46. The zero-order valence-electron chi connectivity index (χ0n) is 20.9. The highest BCUT2D eigenvalue weighted by Crippen LogP contribution is 2.41. The fraction of sp³-hybridized carbons (Fsp3) is 0.536. The molecule has 4 nitrogen and oxygen atoms in total. The Hall–Kier alpha value is -2.40. The molecule has 0 bridgehead atoms. The lowest BCUT2D eigenvalue weighted by atomic mass is 9.92. The van der Waals surface area contributed by atoms with Crippen molar-refractivity contribution in [1.82, 2.24) is 15.2 Å². The molecular formula is C28H41FN4. The standard InChI is InChI=1S/C28H41FN4/c1-7-10-27(24-15-23(22-12-13-22)16-25(29)17-24)28(20(3)4)31-32(6)18-21(5)30-26-11-9-14-33(8-2)19-26/h7,10,15-17,20,22,26,30H,1,5,8-9,11-14,18-19H2,2-4,6H3/b27-10-,31-28-. The third-order valence-electron chi connectivity index (χ3n) is 6.45. The lowest BCUT2D eigenvalue weighted by molar-refractivity contribution is 0.203. The highest BCUT2D eigenvalue weighted by atomic mass is 19.1. The van der Waals surface area contributed by atoms with Crippen LogP contribution in [-0.4, -0.2) is 54.9 Å². The summed E-state index contributed by atoms with van der Waals surface area (Å²) < 4.78 is 14.5. The van der Waals surface area contributed by atoms with E-state index in [0.29, 0.717) is 18.5 Å². The summed E-state index contributed by atoms with van der Waals surface area (Å²) in [6.07, 6.45) is 8.39. The molecule has 2 fully saturated rings. The number of hydrogen-bond acceptors (Lipinski definition) is 4. The van der Waals surface area contributed by atoms with E-state index in [-0.39, 0.29) is 11.7 Å². The fourth-order valence-electron chi connectivity index (χ4n) is 4.64. The molecule has 5 heteroatoms. The average molecular weight is 453 g/mol. The van der Waals surface area contributed by atoms with Crippen LogP contribution in [0, 0.1) is 11.7 Å². The van der Waals surface area contributed by atoms with Crippen LogP contribution in [0.1, 0.15) is 63.5 Å². The van der Waals surface area contributed by atoms with Gasteiger partial charge in [0.15, 0.2) is 0 Å². The molecule has 1 saturated carbocycles. The topological polar surface area (TPSA) is 30.9 Å². The van der Waals surface area contributed by atoms with Crippen LogP contribution < -0.4 is 5.32 Å². The fourth-order valence-corrected chi connectivity index (χ4v) is 4.64. The molecule has 0 amide bonds. The van der Waals surface area contributed by atoms with Crippen molar-refractivity contribution < 1.29 is 4.39 Å². The normalized spacial score (nSPS) is 20.1. The van der Waals surface area contributed by atoms with Gasteiger partial charge < -0.3 is 10.2 Å². The van der Waals surface area contributed by atoms with Gasteiger partial charge in [-0.3, -0.25) is 5.01 Å². The number of likely N-dealkylation sites (tertiary alicyclic amines) is 1. The second-order valence-electron chi connectivity index (χ2n) is 9.80. The first-order valence-electron chi connectivity index (χ1n) is 12.4. The predicted molar refractivity (Wildman–Crippen MR) is 139 cm³/mol. The van der Waals surface area contributed by atoms with E-state index < -0.39 is 0 Å². The summed E-state index contributed by atoms with van der Waals surface area (Å²) in [5.41, 5.74) is 4.78.